The summed E-state index contributed by atoms with van der Waals surface area (Å²) in [6.45, 7) is 1.61. The molecule has 0 aliphatic carbocycles. The number of hydrogen-bond acceptors (Lipinski definition) is 3. The van der Waals surface area contributed by atoms with Crippen LogP contribution in [0.5, 0.6) is 0 Å². The average molecular weight is 273 g/mol. The van der Waals surface area contributed by atoms with Crippen LogP contribution in [-0.4, -0.2) is 4.98 Å². The van der Waals surface area contributed by atoms with Crippen LogP contribution in [0.15, 0.2) is 60.9 Å². The summed E-state index contributed by atoms with van der Waals surface area (Å²) < 4.78 is 0. The van der Waals surface area contributed by atoms with Gasteiger partial charge < -0.3 is 5.32 Å². The minimum absolute atomic E-state index is 0.696. The minimum atomic E-state index is 0.696. The third-order valence-electron chi connectivity index (χ3n) is 3.45. The first-order chi connectivity index (χ1) is 10.3. The normalized spacial score (nSPS) is 10.4. The number of hydrogen-bond donors (Lipinski definition) is 1. The molecule has 1 N–H and O–H groups in total. The molecule has 0 atom stereocenters. The van der Waals surface area contributed by atoms with Crippen LogP contribution in [-0.2, 0) is 13.1 Å². The molecule has 2 aromatic carbocycles. The second-order valence-electron chi connectivity index (χ2n) is 4.97. The molecule has 0 radical (unpaired) electrons. The molecule has 0 aliphatic rings. The molecule has 0 unspecified atom stereocenters. The second-order valence-corrected chi connectivity index (χ2v) is 4.97. The van der Waals surface area contributed by atoms with Crippen LogP contribution >= 0.6 is 0 Å². The zero-order valence-electron chi connectivity index (χ0n) is 11.6. The van der Waals surface area contributed by atoms with E-state index in [9.17, 15) is 0 Å². The smallest absolute Gasteiger partial charge is 0.0991 e. The van der Waals surface area contributed by atoms with Crippen LogP contribution in [0, 0.1) is 11.3 Å². The Kier molecular flexibility index (Phi) is 3.90. The van der Waals surface area contributed by atoms with E-state index >= 15 is 0 Å². The molecule has 3 heteroatoms. The number of aromatic nitrogens is 1. The summed E-state index contributed by atoms with van der Waals surface area (Å²) in [6, 6.07) is 18.2. The second kappa shape index (κ2) is 6.17. The predicted molar refractivity (Wildman–Crippen MR) is 83.4 cm³/mol. The van der Waals surface area contributed by atoms with Gasteiger partial charge in [-0.15, -0.1) is 0 Å². The molecule has 1 aromatic heterocycles. The van der Waals surface area contributed by atoms with Gasteiger partial charge in [0.2, 0.25) is 0 Å². The Bertz CT molecular complexity index is 785. The Hall–Kier alpha value is -2.70. The average Bonchev–Trinajstić information content (AvgIpc) is 2.55. The van der Waals surface area contributed by atoms with Crippen LogP contribution in [0.3, 0.4) is 0 Å². The fourth-order valence-corrected chi connectivity index (χ4v) is 2.29. The van der Waals surface area contributed by atoms with E-state index in [0.29, 0.717) is 5.56 Å². The van der Waals surface area contributed by atoms with Crippen molar-refractivity contribution in [2.75, 3.05) is 0 Å². The molecule has 0 bridgehead atoms. The third kappa shape index (κ3) is 3.25. The molecule has 0 saturated heterocycles. The number of nitrogens with one attached hydrogen (secondary N) is 1. The lowest BCUT2D eigenvalue weighted by molar-refractivity contribution is 0.694. The van der Waals surface area contributed by atoms with E-state index in [2.05, 4.69) is 34.6 Å². The quantitative estimate of drug-likeness (QED) is 0.792. The Morgan fingerprint density at radius 3 is 2.48 bits per heavy atom. The molecule has 0 spiro atoms. The van der Waals surface area contributed by atoms with E-state index in [1.807, 2.05) is 42.7 Å². The molecule has 3 nitrogen and oxygen atoms in total. The van der Waals surface area contributed by atoms with Gasteiger partial charge in [0, 0.05) is 30.9 Å². The molecule has 3 aromatic rings. The van der Waals surface area contributed by atoms with E-state index in [0.717, 1.165) is 18.5 Å². The van der Waals surface area contributed by atoms with E-state index in [4.69, 9.17) is 5.26 Å². The van der Waals surface area contributed by atoms with Crippen LogP contribution in [0.1, 0.15) is 16.7 Å². The topological polar surface area (TPSA) is 48.7 Å². The zero-order chi connectivity index (χ0) is 14.5. The maximum atomic E-state index is 8.77. The van der Waals surface area contributed by atoms with Gasteiger partial charge in [-0.1, -0.05) is 24.3 Å². The molecule has 0 amide bonds. The molecular formula is C18H15N3. The lowest BCUT2D eigenvalue weighted by Crippen LogP contribution is -2.12. The molecule has 21 heavy (non-hydrogen) atoms. The summed E-state index contributed by atoms with van der Waals surface area (Å²) in [7, 11) is 0. The molecular weight excluding hydrogens is 258 g/mol. The zero-order valence-corrected chi connectivity index (χ0v) is 11.6. The van der Waals surface area contributed by atoms with Gasteiger partial charge in [0.05, 0.1) is 11.6 Å². The van der Waals surface area contributed by atoms with Gasteiger partial charge in [0.25, 0.3) is 0 Å². The highest BCUT2D eigenvalue weighted by molar-refractivity contribution is 5.81. The number of rotatable bonds is 4. The van der Waals surface area contributed by atoms with Crippen molar-refractivity contribution >= 4 is 10.8 Å². The largest absolute Gasteiger partial charge is 0.309 e. The number of nitriles is 1. The Morgan fingerprint density at radius 1 is 0.905 bits per heavy atom. The Labute approximate surface area is 123 Å². The van der Waals surface area contributed by atoms with Crippen molar-refractivity contribution in [2.24, 2.45) is 0 Å². The first-order valence-corrected chi connectivity index (χ1v) is 6.87. The van der Waals surface area contributed by atoms with Gasteiger partial charge in [-0.3, -0.25) is 4.98 Å². The molecule has 0 saturated carbocycles. The van der Waals surface area contributed by atoms with Crippen LogP contribution in [0.2, 0.25) is 0 Å². The molecule has 3 rings (SSSR count). The highest BCUT2D eigenvalue weighted by Crippen LogP contribution is 2.14. The van der Waals surface area contributed by atoms with Crippen LogP contribution in [0.25, 0.3) is 10.8 Å². The molecule has 0 aliphatic heterocycles. The summed E-state index contributed by atoms with van der Waals surface area (Å²) in [4.78, 5) is 4.12. The van der Waals surface area contributed by atoms with Crippen molar-refractivity contribution in [3.8, 4) is 6.07 Å². The highest BCUT2D eigenvalue weighted by Gasteiger charge is 1.98. The summed E-state index contributed by atoms with van der Waals surface area (Å²) in [5.41, 5.74) is 3.13. The summed E-state index contributed by atoms with van der Waals surface area (Å²) >= 11 is 0. The van der Waals surface area contributed by atoms with Crippen molar-refractivity contribution in [2.45, 2.75) is 13.1 Å². The van der Waals surface area contributed by atoms with Gasteiger partial charge in [0.1, 0.15) is 0 Å². The molecule has 102 valence electrons. The maximum absolute atomic E-state index is 8.77. The van der Waals surface area contributed by atoms with Crippen molar-refractivity contribution in [3.63, 3.8) is 0 Å². The van der Waals surface area contributed by atoms with Crippen molar-refractivity contribution in [1.29, 1.82) is 5.26 Å². The van der Waals surface area contributed by atoms with Crippen LogP contribution in [0.4, 0.5) is 0 Å². The SMILES string of the molecule is N#Cc1ccc(CNCc2ccc3cnccc3c2)cc1. The standard InChI is InChI=1S/C18H15N3/c19-10-14-1-3-15(4-2-14)11-21-12-16-5-6-18-13-20-8-7-17(18)9-16/h1-9,13,21H,11-12H2. The minimum Gasteiger partial charge on any atom is -0.309 e. The van der Waals surface area contributed by atoms with Crippen molar-refractivity contribution in [1.82, 2.24) is 10.3 Å². The number of benzene rings is 2. The maximum Gasteiger partial charge on any atom is 0.0991 e. The first-order valence-electron chi connectivity index (χ1n) is 6.87. The van der Waals surface area contributed by atoms with Gasteiger partial charge in [-0.05, 0) is 40.8 Å². The fraction of sp³-hybridized carbons (Fsp3) is 0.111. The van der Waals surface area contributed by atoms with Gasteiger partial charge in [-0.25, -0.2) is 0 Å². The number of fused-ring (bicyclic) bond motifs is 1. The summed E-state index contributed by atoms with van der Waals surface area (Å²) in [5, 5.41) is 14.6. The first kappa shape index (κ1) is 13.3. The van der Waals surface area contributed by atoms with E-state index in [1.165, 1.54) is 16.5 Å². The Morgan fingerprint density at radius 2 is 1.67 bits per heavy atom. The summed E-state index contributed by atoms with van der Waals surface area (Å²) in [5.74, 6) is 0. The Balaban J connectivity index is 1.62. The van der Waals surface area contributed by atoms with Gasteiger partial charge in [-0.2, -0.15) is 5.26 Å². The van der Waals surface area contributed by atoms with E-state index in [-0.39, 0.29) is 0 Å². The lowest BCUT2D eigenvalue weighted by Gasteiger charge is -2.06. The van der Waals surface area contributed by atoms with Crippen molar-refractivity contribution in [3.05, 3.63) is 77.6 Å². The molecule has 0 fully saturated rings. The monoisotopic (exact) mass is 273 g/mol. The van der Waals surface area contributed by atoms with E-state index < -0.39 is 0 Å². The highest BCUT2D eigenvalue weighted by atomic mass is 14.8. The third-order valence-corrected chi connectivity index (χ3v) is 3.45. The van der Waals surface area contributed by atoms with Gasteiger partial charge in [0.15, 0.2) is 0 Å². The number of pyridine rings is 1. The predicted octanol–water partition coefficient (Wildman–Crippen LogP) is 3.40. The fourth-order valence-electron chi connectivity index (χ4n) is 2.29. The number of nitrogens with zero attached hydrogens (tertiary/aromatic N) is 2. The van der Waals surface area contributed by atoms with Crippen LogP contribution < -0.4 is 5.32 Å². The van der Waals surface area contributed by atoms with E-state index in [1.54, 1.807) is 0 Å². The van der Waals surface area contributed by atoms with Crippen molar-refractivity contribution < 1.29 is 0 Å². The van der Waals surface area contributed by atoms with Gasteiger partial charge >= 0.3 is 0 Å². The summed E-state index contributed by atoms with van der Waals surface area (Å²) in [6.07, 6.45) is 3.69. The molecule has 1 heterocycles. The lowest BCUT2D eigenvalue weighted by atomic mass is 10.1.